The van der Waals surface area contributed by atoms with E-state index in [-0.39, 0.29) is 28.5 Å². The number of carboxylic acids is 1. The topological polar surface area (TPSA) is 117 Å². The summed E-state index contributed by atoms with van der Waals surface area (Å²) in [6.07, 6.45) is 2.58. The predicted octanol–water partition coefficient (Wildman–Crippen LogP) is 3.33. The Labute approximate surface area is 183 Å². The van der Waals surface area contributed by atoms with Gasteiger partial charge in [0, 0.05) is 24.1 Å². The molecule has 168 valence electrons. The summed E-state index contributed by atoms with van der Waals surface area (Å²) < 4.78 is 45.0. The lowest BCUT2D eigenvalue weighted by atomic mass is 10.0. The number of amides is 1. The van der Waals surface area contributed by atoms with Crippen LogP contribution in [0.2, 0.25) is 0 Å². The zero-order chi connectivity index (χ0) is 23.2. The van der Waals surface area contributed by atoms with Crippen molar-refractivity contribution in [3.05, 3.63) is 53.3 Å². The number of anilines is 1. The fourth-order valence-electron chi connectivity index (χ4n) is 3.75. The molecule has 8 nitrogen and oxygen atoms in total. The number of carboxylic acid groups (broad SMARTS) is 1. The summed E-state index contributed by atoms with van der Waals surface area (Å²) in [4.78, 5) is 24.1. The van der Waals surface area contributed by atoms with Crippen molar-refractivity contribution in [3.8, 4) is 11.3 Å². The second-order valence-corrected chi connectivity index (χ2v) is 9.64. The highest BCUT2D eigenvalue weighted by atomic mass is 32.2. The highest BCUT2D eigenvalue weighted by Gasteiger charge is 2.33. The van der Waals surface area contributed by atoms with Crippen LogP contribution in [0.3, 0.4) is 0 Å². The Morgan fingerprint density at radius 1 is 1.22 bits per heavy atom. The van der Waals surface area contributed by atoms with Crippen LogP contribution >= 0.6 is 0 Å². The van der Waals surface area contributed by atoms with Crippen LogP contribution in [0.4, 0.5) is 10.1 Å². The lowest BCUT2D eigenvalue weighted by Crippen LogP contribution is -2.35. The van der Waals surface area contributed by atoms with Crippen molar-refractivity contribution < 1.29 is 31.9 Å². The number of nitrogens with zero attached hydrogens (tertiary/aromatic N) is 1. The maximum absolute atomic E-state index is 13.4. The maximum atomic E-state index is 13.4. The Morgan fingerprint density at radius 3 is 2.41 bits per heavy atom. The minimum atomic E-state index is -3.90. The second-order valence-electron chi connectivity index (χ2n) is 7.74. The fraction of sp³-hybridized carbons (Fsp3) is 0.273. The number of furan rings is 1. The van der Waals surface area contributed by atoms with Crippen molar-refractivity contribution in [2.24, 2.45) is 0 Å². The van der Waals surface area contributed by atoms with Gasteiger partial charge in [-0.1, -0.05) is 0 Å². The van der Waals surface area contributed by atoms with Crippen LogP contribution in [0, 0.1) is 5.82 Å². The van der Waals surface area contributed by atoms with Gasteiger partial charge < -0.3 is 14.8 Å². The molecule has 1 aliphatic rings. The van der Waals surface area contributed by atoms with Crippen LogP contribution in [0.25, 0.3) is 22.3 Å². The predicted molar refractivity (Wildman–Crippen MR) is 117 cm³/mol. The molecule has 1 aliphatic carbocycles. The highest BCUT2D eigenvalue weighted by molar-refractivity contribution is 7.92. The van der Waals surface area contributed by atoms with Gasteiger partial charge in [-0.15, -0.1) is 0 Å². The number of halogens is 1. The summed E-state index contributed by atoms with van der Waals surface area (Å²) in [5, 5.41) is 12.3. The number of hydrogen-bond donors (Lipinski definition) is 2. The van der Waals surface area contributed by atoms with Crippen LogP contribution < -0.4 is 9.62 Å². The number of rotatable bonds is 7. The molecule has 1 saturated carbocycles. The molecule has 3 aromatic rings. The Morgan fingerprint density at radius 2 is 1.88 bits per heavy atom. The number of aliphatic carboxylic acids is 1. The van der Waals surface area contributed by atoms with Crippen LogP contribution in [0.15, 0.2) is 40.8 Å². The van der Waals surface area contributed by atoms with Gasteiger partial charge in [-0.2, -0.15) is 0 Å². The minimum Gasteiger partial charge on any atom is -0.480 e. The number of sulfonamides is 1. The first-order chi connectivity index (χ1) is 15.1. The summed E-state index contributed by atoms with van der Waals surface area (Å²) in [6, 6.07) is 8.62. The fourth-order valence-corrected chi connectivity index (χ4v) is 4.61. The molecule has 10 heteroatoms. The molecule has 1 aromatic heterocycles. The smallest absolute Gasteiger partial charge is 0.324 e. The molecule has 4 rings (SSSR count). The van der Waals surface area contributed by atoms with Crippen molar-refractivity contribution in [1.82, 2.24) is 5.32 Å². The zero-order valence-electron chi connectivity index (χ0n) is 17.4. The van der Waals surface area contributed by atoms with Gasteiger partial charge in [-0.3, -0.25) is 13.9 Å². The van der Waals surface area contributed by atoms with Gasteiger partial charge in [0.1, 0.15) is 23.7 Å². The number of fused-ring (bicyclic) bond motifs is 1. The summed E-state index contributed by atoms with van der Waals surface area (Å²) in [5.41, 5.74) is 1.79. The molecule has 0 aliphatic heterocycles. The number of carbonyl (C=O) groups is 2. The first-order valence-electron chi connectivity index (χ1n) is 9.88. The minimum absolute atomic E-state index is 0.0501. The van der Waals surface area contributed by atoms with Crippen molar-refractivity contribution in [2.45, 2.75) is 18.8 Å². The first-order valence-corrected chi connectivity index (χ1v) is 11.7. The molecule has 32 heavy (non-hydrogen) atoms. The number of carbonyl (C=O) groups excluding carboxylic acids is 1. The van der Waals surface area contributed by atoms with E-state index in [1.54, 1.807) is 6.07 Å². The molecule has 2 N–H and O–H groups in total. The molecule has 2 aromatic carbocycles. The van der Waals surface area contributed by atoms with E-state index in [0.29, 0.717) is 16.5 Å². The largest absolute Gasteiger partial charge is 0.480 e. The lowest BCUT2D eigenvalue weighted by molar-refractivity contribution is -0.135. The third-order valence-corrected chi connectivity index (χ3v) is 6.49. The summed E-state index contributed by atoms with van der Waals surface area (Å²) in [7, 11) is -2.43. The van der Waals surface area contributed by atoms with Crippen molar-refractivity contribution >= 4 is 38.6 Å². The second kappa shape index (κ2) is 7.94. The number of nitrogens with one attached hydrogen (secondary N) is 1. The molecule has 1 amide bonds. The van der Waals surface area contributed by atoms with E-state index in [1.807, 2.05) is 0 Å². The first kappa shape index (κ1) is 21.8. The molecule has 0 atom stereocenters. The molecule has 0 saturated heterocycles. The van der Waals surface area contributed by atoms with E-state index >= 15 is 0 Å². The number of hydrogen-bond acceptors (Lipinski definition) is 5. The molecule has 1 fully saturated rings. The van der Waals surface area contributed by atoms with Crippen LogP contribution in [0.1, 0.15) is 34.7 Å². The molecule has 0 radical (unpaired) electrons. The van der Waals surface area contributed by atoms with Crippen molar-refractivity contribution in [3.63, 3.8) is 0 Å². The Hall–Kier alpha value is -3.40. The monoisotopic (exact) mass is 460 g/mol. The third-order valence-electron chi connectivity index (χ3n) is 5.36. The molecule has 0 spiro atoms. The van der Waals surface area contributed by atoms with Gasteiger partial charge in [-0.05, 0) is 54.7 Å². The molecular weight excluding hydrogens is 439 g/mol. The summed E-state index contributed by atoms with van der Waals surface area (Å²) in [5.74, 6) is -1.89. The van der Waals surface area contributed by atoms with Gasteiger partial charge in [0.05, 0.1) is 17.5 Å². The van der Waals surface area contributed by atoms with Crippen LogP contribution in [-0.2, 0) is 14.8 Å². The van der Waals surface area contributed by atoms with Gasteiger partial charge in [0.25, 0.3) is 5.91 Å². The molecule has 1 heterocycles. The highest BCUT2D eigenvalue weighted by Crippen LogP contribution is 2.48. The average Bonchev–Trinajstić information content (AvgIpc) is 3.51. The maximum Gasteiger partial charge on any atom is 0.324 e. The van der Waals surface area contributed by atoms with Crippen LogP contribution in [-0.4, -0.2) is 45.2 Å². The van der Waals surface area contributed by atoms with Crippen molar-refractivity contribution in [1.29, 1.82) is 0 Å². The Bertz CT molecular complexity index is 1330. The van der Waals surface area contributed by atoms with E-state index in [2.05, 4.69) is 5.32 Å². The molecule has 0 unspecified atom stereocenters. The number of benzene rings is 2. The van der Waals surface area contributed by atoms with Crippen LogP contribution in [0.5, 0.6) is 0 Å². The lowest BCUT2D eigenvalue weighted by Gasteiger charge is -2.23. The summed E-state index contributed by atoms with van der Waals surface area (Å²) >= 11 is 0. The van der Waals surface area contributed by atoms with E-state index in [9.17, 15) is 27.5 Å². The van der Waals surface area contributed by atoms with E-state index in [4.69, 9.17) is 4.42 Å². The van der Waals surface area contributed by atoms with Crippen molar-refractivity contribution in [2.75, 3.05) is 24.2 Å². The van der Waals surface area contributed by atoms with Gasteiger partial charge in [0.2, 0.25) is 10.0 Å². The van der Waals surface area contributed by atoms with Gasteiger partial charge in [-0.25, -0.2) is 12.8 Å². The van der Waals surface area contributed by atoms with Gasteiger partial charge >= 0.3 is 5.97 Å². The quantitative estimate of drug-likeness (QED) is 0.559. The molecular formula is C22H21FN2O6S. The normalized spacial score (nSPS) is 13.8. The van der Waals surface area contributed by atoms with E-state index in [0.717, 1.165) is 23.4 Å². The Balaban J connectivity index is 2.00. The van der Waals surface area contributed by atoms with E-state index < -0.39 is 34.3 Å². The Kier molecular flexibility index (Phi) is 5.41. The molecule has 0 bridgehead atoms. The SMILES string of the molecule is CNC(=O)c1c(-c2ccc(F)cc2)oc2cc(N(CC(=O)O)S(C)(=O)=O)c(C3CC3)cc12. The zero-order valence-corrected chi connectivity index (χ0v) is 18.2. The standard InChI is InChI=1S/C22H21FN2O6S/c1-24-22(28)20-16-9-15(12-3-4-12)17(25(11-19(26)27)32(2,29)30)10-18(16)31-21(20)13-5-7-14(23)8-6-13/h5-10,12H,3-4,11H2,1-2H3,(H,24,28)(H,26,27). The van der Waals surface area contributed by atoms with E-state index in [1.165, 1.54) is 37.4 Å². The average molecular weight is 460 g/mol. The van der Waals surface area contributed by atoms with Gasteiger partial charge in [0.15, 0.2) is 0 Å². The third kappa shape index (κ3) is 4.05. The summed E-state index contributed by atoms with van der Waals surface area (Å²) in [6.45, 7) is -0.738.